The van der Waals surface area contributed by atoms with Gasteiger partial charge in [0.25, 0.3) is 5.91 Å². The Labute approximate surface area is 113 Å². The van der Waals surface area contributed by atoms with Crippen LogP contribution < -0.4 is 10.1 Å². The lowest BCUT2D eigenvalue weighted by Crippen LogP contribution is -2.13. The zero-order chi connectivity index (χ0) is 13.1. The molecule has 18 heavy (non-hydrogen) atoms. The molecular formula is C12H12BrN3O2. The van der Waals surface area contributed by atoms with Crippen LogP contribution in [0.1, 0.15) is 16.1 Å². The normalized spacial score (nSPS) is 10.2. The van der Waals surface area contributed by atoms with Crippen LogP contribution in [-0.4, -0.2) is 23.2 Å². The second-order valence-electron chi connectivity index (χ2n) is 3.73. The number of hydrogen-bond acceptors (Lipinski definition) is 3. The summed E-state index contributed by atoms with van der Waals surface area (Å²) in [6, 6.07) is 5.46. The molecule has 0 radical (unpaired) electrons. The van der Waals surface area contributed by atoms with Crippen molar-refractivity contribution in [2.45, 2.75) is 6.92 Å². The lowest BCUT2D eigenvalue weighted by atomic mass is 10.2. The fraction of sp³-hybridized carbons (Fsp3) is 0.167. The molecule has 0 spiro atoms. The SMILES string of the molecule is COc1ccc(NC(=O)c2[nH]ncc2Br)c(C)c1. The fourth-order valence-corrected chi connectivity index (χ4v) is 1.89. The minimum atomic E-state index is -0.243. The van der Waals surface area contributed by atoms with E-state index in [4.69, 9.17) is 4.74 Å². The van der Waals surface area contributed by atoms with Crippen molar-refractivity contribution in [3.05, 3.63) is 40.1 Å². The maximum atomic E-state index is 12.0. The minimum absolute atomic E-state index is 0.243. The number of halogens is 1. The van der Waals surface area contributed by atoms with Gasteiger partial charge in [0.15, 0.2) is 0 Å². The van der Waals surface area contributed by atoms with Crippen LogP contribution in [0.3, 0.4) is 0 Å². The summed E-state index contributed by atoms with van der Waals surface area (Å²) in [5.74, 6) is 0.515. The first-order valence-electron chi connectivity index (χ1n) is 5.26. The summed E-state index contributed by atoms with van der Waals surface area (Å²) in [5, 5.41) is 9.22. The molecule has 2 rings (SSSR count). The number of nitrogens with zero attached hydrogens (tertiary/aromatic N) is 1. The molecule has 0 fully saturated rings. The number of hydrogen-bond donors (Lipinski definition) is 2. The van der Waals surface area contributed by atoms with Crippen LogP contribution in [0, 0.1) is 6.92 Å². The number of H-pyrrole nitrogens is 1. The van der Waals surface area contributed by atoms with E-state index in [0.717, 1.165) is 17.0 Å². The van der Waals surface area contributed by atoms with E-state index < -0.39 is 0 Å². The number of methoxy groups -OCH3 is 1. The summed E-state index contributed by atoms with van der Waals surface area (Å²) < 4.78 is 5.74. The third-order valence-corrected chi connectivity index (χ3v) is 3.10. The first kappa shape index (κ1) is 12.6. The van der Waals surface area contributed by atoms with Crippen molar-refractivity contribution in [3.63, 3.8) is 0 Å². The molecule has 0 aliphatic carbocycles. The molecule has 0 saturated heterocycles. The largest absolute Gasteiger partial charge is 0.497 e. The summed E-state index contributed by atoms with van der Waals surface area (Å²) in [5.41, 5.74) is 2.06. The van der Waals surface area contributed by atoms with Crippen LogP contribution in [0.4, 0.5) is 5.69 Å². The topological polar surface area (TPSA) is 67.0 Å². The molecule has 1 heterocycles. The Balaban J connectivity index is 2.20. The molecule has 1 aromatic heterocycles. The molecule has 0 unspecified atom stereocenters. The highest BCUT2D eigenvalue weighted by molar-refractivity contribution is 9.10. The number of amides is 1. The van der Waals surface area contributed by atoms with Crippen molar-refractivity contribution in [2.75, 3.05) is 12.4 Å². The Hall–Kier alpha value is -1.82. The van der Waals surface area contributed by atoms with Gasteiger partial charge in [-0.05, 0) is 46.6 Å². The Kier molecular flexibility index (Phi) is 3.66. The van der Waals surface area contributed by atoms with Crippen LogP contribution in [-0.2, 0) is 0 Å². The number of ether oxygens (including phenoxy) is 1. The third-order valence-electron chi connectivity index (χ3n) is 2.50. The second kappa shape index (κ2) is 5.22. The molecule has 6 heteroatoms. The summed E-state index contributed by atoms with van der Waals surface area (Å²) in [6.45, 7) is 1.90. The number of benzene rings is 1. The maximum absolute atomic E-state index is 12.0. The predicted molar refractivity (Wildman–Crippen MR) is 72.0 cm³/mol. The van der Waals surface area contributed by atoms with Crippen molar-refractivity contribution < 1.29 is 9.53 Å². The number of anilines is 1. The second-order valence-corrected chi connectivity index (χ2v) is 4.58. The van der Waals surface area contributed by atoms with Crippen molar-refractivity contribution in [1.82, 2.24) is 10.2 Å². The number of nitrogens with one attached hydrogen (secondary N) is 2. The van der Waals surface area contributed by atoms with Gasteiger partial charge in [-0.2, -0.15) is 5.10 Å². The fourth-order valence-electron chi connectivity index (χ4n) is 1.52. The molecule has 0 aliphatic heterocycles. The van der Waals surface area contributed by atoms with Gasteiger partial charge in [0.2, 0.25) is 0 Å². The maximum Gasteiger partial charge on any atom is 0.274 e. The lowest BCUT2D eigenvalue weighted by molar-refractivity contribution is 0.102. The molecule has 1 amide bonds. The molecule has 0 bridgehead atoms. The van der Waals surface area contributed by atoms with Gasteiger partial charge in [-0.3, -0.25) is 9.89 Å². The lowest BCUT2D eigenvalue weighted by Gasteiger charge is -2.09. The quantitative estimate of drug-likeness (QED) is 0.916. The van der Waals surface area contributed by atoms with Gasteiger partial charge in [0.1, 0.15) is 11.4 Å². The Bertz CT molecular complexity index is 580. The van der Waals surface area contributed by atoms with Crippen molar-refractivity contribution in [1.29, 1.82) is 0 Å². The number of aryl methyl sites for hydroxylation is 1. The first-order chi connectivity index (χ1) is 8.61. The molecule has 1 aromatic carbocycles. The average molecular weight is 310 g/mol. The molecule has 2 aromatic rings. The van der Waals surface area contributed by atoms with Crippen LogP contribution >= 0.6 is 15.9 Å². The minimum Gasteiger partial charge on any atom is -0.497 e. The van der Waals surface area contributed by atoms with Crippen LogP contribution in [0.25, 0.3) is 0 Å². The van der Waals surface area contributed by atoms with Crippen LogP contribution in [0.5, 0.6) is 5.75 Å². The molecule has 0 aliphatic rings. The number of carbonyl (C=O) groups excluding carboxylic acids is 1. The van der Waals surface area contributed by atoms with Gasteiger partial charge in [0, 0.05) is 5.69 Å². The smallest absolute Gasteiger partial charge is 0.274 e. The predicted octanol–water partition coefficient (Wildman–Crippen LogP) is 2.74. The molecule has 2 N–H and O–H groups in total. The van der Waals surface area contributed by atoms with Crippen molar-refractivity contribution in [3.8, 4) is 5.75 Å². The highest BCUT2D eigenvalue weighted by Gasteiger charge is 2.13. The zero-order valence-corrected chi connectivity index (χ0v) is 11.5. The van der Waals surface area contributed by atoms with Crippen molar-refractivity contribution >= 4 is 27.5 Å². The highest BCUT2D eigenvalue weighted by atomic mass is 79.9. The third kappa shape index (κ3) is 2.53. The number of carbonyl (C=O) groups is 1. The number of aromatic amines is 1. The molecule has 0 saturated carbocycles. The zero-order valence-electron chi connectivity index (χ0n) is 9.95. The number of aromatic nitrogens is 2. The van der Waals surface area contributed by atoms with E-state index in [-0.39, 0.29) is 5.91 Å². The van der Waals surface area contributed by atoms with Gasteiger partial charge < -0.3 is 10.1 Å². The van der Waals surface area contributed by atoms with E-state index in [9.17, 15) is 4.79 Å². The van der Waals surface area contributed by atoms with Crippen molar-refractivity contribution in [2.24, 2.45) is 0 Å². The standard InChI is InChI=1S/C12H12BrN3O2/c1-7-5-8(18-2)3-4-10(7)15-12(17)11-9(13)6-14-16-11/h3-6H,1-2H3,(H,14,16)(H,15,17). The van der Waals surface area contributed by atoms with Gasteiger partial charge in [-0.15, -0.1) is 0 Å². The molecule has 5 nitrogen and oxygen atoms in total. The van der Waals surface area contributed by atoms with E-state index in [0.29, 0.717) is 10.2 Å². The Morgan fingerprint density at radius 3 is 2.83 bits per heavy atom. The van der Waals surface area contributed by atoms with Crippen LogP contribution in [0.2, 0.25) is 0 Å². The highest BCUT2D eigenvalue weighted by Crippen LogP contribution is 2.22. The first-order valence-corrected chi connectivity index (χ1v) is 6.06. The van der Waals surface area contributed by atoms with E-state index in [1.54, 1.807) is 19.2 Å². The summed E-state index contributed by atoms with van der Waals surface area (Å²) >= 11 is 3.25. The van der Waals surface area contributed by atoms with E-state index in [1.165, 1.54) is 6.20 Å². The Morgan fingerprint density at radius 2 is 2.28 bits per heavy atom. The van der Waals surface area contributed by atoms with Gasteiger partial charge in [-0.25, -0.2) is 0 Å². The summed E-state index contributed by atoms with van der Waals surface area (Å²) in [4.78, 5) is 12.0. The molecule has 94 valence electrons. The van der Waals surface area contributed by atoms with Gasteiger partial charge >= 0.3 is 0 Å². The van der Waals surface area contributed by atoms with Gasteiger partial charge in [-0.1, -0.05) is 0 Å². The monoisotopic (exact) mass is 309 g/mol. The van der Waals surface area contributed by atoms with Crippen LogP contribution in [0.15, 0.2) is 28.9 Å². The molecule has 0 atom stereocenters. The average Bonchev–Trinajstić information content (AvgIpc) is 2.78. The van der Waals surface area contributed by atoms with E-state index >= 15 is 0 Å². The molecular weight excluding hydrogens is 298 g/mol. The summed E-state index contributed by atoms with van der Waals surface area (Å²) in [7, 11) is 1.61. The Morgan fingerprint density at radius 1 is 1.50 bits per heavy atom. The number of rotatable bonds is 3. The summed E-state index contributed by atoms with van der Waals surface area (Å²) in [6.07, 6.45) is 1.54. The van der Waals surface area contributed by atoms with E-state index in [1.807, 2.05) is 13.0 Å². The van der Waals surface area contributed by atoms with E-state index in [2.05, 4.69) is 31.4 Å². The van der Waals surface area contributed by atoms with Gasteiger partial charge in [0.05, 0.1) is 17.8 Å².